The standard InChI is InChI=1S/C20H28NO2P.C5H12/c1-17(2)21(18(3)4)24(22-15-19-11-7-5-8-12-19)23-16-20-13-9-6-10-14-20;1-4-5(2)3/h5-14,17-18H,15-16H2,1-4H3;5H,4H2,1-3H3. The van der Waals surface area contributed by atoms with Crippen molar-refractivity contribution in [3.63, 3.8) is 0 Å². The number of hydrogen-bond donors (Lipinski definition) is 0. The molecule has 3 nitrogen and oxygen atoms in total. The molecule has 2 aromatic rings. The fraction of sp³-hybridized carbons (Fsp3) is 0.520. The van der Waals surface area contributed by atoms with Crippen LogP contribution in [0, 0.1) is 5.92 Å². The molecule has 0 N–H and O–H groups in total. The van der Waals surface area contributed by atoms with Gasteiger partial charge in [-0.1, -0.05) is 87.9 Å². The number of benzene rings is 2. The Morgan fingerprint density at radius 2 is 1.03 bits per heavy atom. The quantitative estimate of drug-likeness (QED) is 0.368. The van der Waals surface area contributed by atoms with Gasteiger partial charge in [0, 0.05) is 12.1 Å². The summed E-state index contributed by atoms with van der Waals surface area (Å²) in [5.74, 6) is 0.884. The zero-order chi connectivity index (χ0) is 21.6. The van der Waals surface area contributed by atoms with Gasteiger partial charge in [-0.25, -0.2) is 4.67 Å². The molecule has 0 radical (unpaired) electrons. The van der Waals surface area contributed by atoms with E-state index in [2.05, 4.69) is 77.4 Å². The van der Waals surface area contributed by atoms with Gasteiger partial charge in [0.15, 0.2) is 0 Å². The Morgan fingerprint density at radius 1 is 0.690 bits per heavy atom. The van der Waals surface area contributed by atoms with Crippen LogP contribution in [-0.4, -0.2) is 16.8 Å². The molecule has 0 fully saturated rings. The van der Waals surface area contributed by atoms with Crippen molar-refractivity contribution in [1.82, 2.24) is 4.67 Å². The third-order valence-corrected chi connectivity index (χ3v) is 6.43. The van der Waals surface area contributed by atoms with Crippen molar-refractivity contribution in [2.75, 3.05) is 0 Å². The SMILES string of the molecule is CC(C)N(C(C)C)P(OCc1ccccc1)OCc1ccccc1.CCC(C)C. The van der Waals surface area contributed by atoms with E-state index in [1.54, 1.807) is 0 Å². The summed E-state index contributed by atoms with van der Waals surface area (Å²) in [7, 11) is -1.12. The highest BCUT2D eigenvalue weighted by atomic mass is 31.2. The molecule has 162 valence electrons. The molecular formula is C25H40NO2P. The first-order valence-corrected chi connectivity index (χ1v) is 11.9. The monoisotopic (exact) mass is 417 g/mol. The maximum Gasteiger partial charge on any atom is 0.259 e. The largest absolute Gasteiger partial charge is 0.317 e. The molecule has 4 heteroatoms. The zero-order valence-electron chi connectivity index (χ0n) is 19.3. The molecule has 0 aliphatic heterocycles. The predicted octanol–water partition coefficient (Wildman–Crippen LogP) is 7.82. The van der Waals surface area contributed by atoms with E-state index >= 15 is 0 Å². The molecule has 0 aromatic heterocycles. The minimum absolute atomic E-state index is 0.364. The van der Waals surface area contributed by atoms with E-state index in [9.17, 15) is 0 Å². The summed E-state index contributed by atoms with van der Waals surface area (Å²) in [6, 6.07) is 21.2. The maximum absolute atomic E-state index is 6.20. The lowest BCUT2D eigenvalue weighted by Gasteiger charge is -2.35. The van der Waals surface area contributed by atoms with Crippen LogP contribution in [0.1, 0.15) is 66.0 Å². The maximum atomic E-state index is 6.20. The van der Waals surface area contributed by atoms with Crippen LogP contribution >= 0.6 is 8.53 Å². The minimum atomic E-state index is -1.12. The van der Waals surface area contributed by atoms with Crippen molar-refractivity contribution < 1.29 is 9.05 Å². The summed E-state index contributed by atoms with van der Waals surface area (Å²) in [4.78, 5) is 0. The molecular weight excluding hydrogens is 377 g/mol. The average Bonchev–Trinajstić information content (AvgIpc) is 2.71. The van der Waals surface area contributed by atoms with Crippen molar-refractivity contribution in [3.8, 4) is 0 Å². The molecule has 0 spiro atoms. The molecule has 29 heavy (non-hydrogen) atoms. The first-order chi connectivity index (χ1) is 13.8. The number of hydrogen-bond acceptors (Lipinski definition) is 3. The fourth-order valence-corrected chi connectivity index (χ4v) is 4.17. The second-order valence-electron chi connectivity index (χ2n) is 8.13. The fourth-order valence-electron chi connectivity index (χ4n) is 2.55. The van der Waals surface area contributed by atoms with Gasteiger partial charge in [-0.05, 0) is 44.7 Å². The van der Waals surface area contributed by atoms with Crippen LogP contribution in [0.4, 0.5) is 0 Å². The molecule has 0 saturated carbocycles. The Morgan fingerprint density at radius 3 is 1.31 bits per heavy atom. The van der Waals surface area contributed by atoms with E-state index in [1.165, 1.54) is 17.5 Å². The Bertz CT molecular complexity index is 580. The highest BCUT2D eigenvalue weighted by Gasteiger charge is 2.27. The molecule has 0 bridgehead atoms. The summed E-state index contributed by atoms with van der Waals surface area (Å²) in [5.41, 5.74) is 2.33. The lowest BCUT2D eigenvalue weighted by molar-refractivity contribution is 0.164. The third kappa shape index (κ3) is 10.9. The van der Waals surface area contributed by atoms with Gasteiger partial charge < -0.3 is 9.05 Å². The molecule has 0 saturated heterocycles. The predicted molar refractivity (Wildman–Crippen MR) is 127 cm³/mol. The lowest BCUT2D eigenvalue weighted by atomic mass is 10.2. The second kappa shape index (κ2) is 14.7. The van der Waals surface area contributed by atoms with Gasteiger partial charge in [0.2, 0.25) is 0 Å². The van der Waals surface area contributed by atoms with Crippen molar-refractivity contribution >= 4 is 8.53 Å². The van der Waals surface area contributed by atoms with E-state index < -0.39 is 8.53 Å². The van der Waals surface area contributed by atoms with Crippen LogP contribution in [0.25, 0.3) is 0 Å². The molecule has 2 aromatic carbocycles. The Hall–Kier alpha value is -1.25. The topological polar surface area (TPSA) is 21.7 Å². The van der Waals surface area contributed by atoms with Gasteiger partial charge in [0.1, 0.15) is 0 Å². The Labute approximate surface area is 180 Å². The summed E-state index contributed by atoms with van der Waals surface area (Å²) in [6.07, 6.45) is 1.31. The van der Waals surface area contributed by atoms with E-state index in [0.29, 0.717) is 25.3 Å². The van der Waals surface area contributed by atoms with Gasteiger partial charge >= 0.3 is 0 Å². The smallest absolute Gasteiger partial charge is 0.259 e. The molecule has 0 unspecified atom stereocenters. The Kier molecular flexibility index (Phi) is 13.1. The van der Waals surface area contributed by atoms with Crippen LogP contribution in [0.5, 0.6) is 0 Å². The molecule has 0 heterocycles. The summed E-state index contributed by atoms with van der Waals surface area (Å²) < 4.78 is 14.7. The molecule has 0 aliphatic rings. The van der Waals surface area contributed by atoms with Crippen LogP contribution < -0.4 is 0 Å². The van der Waals surface area contributed by atoms with Gasteiger partial charge in [0.25, 0.3) is 8.53 Å². The summed E-state index contributed by atoms with van der Waals surface area (Å²) in [6.45, 7) is 16.5. The summed E-state index contributed by atoms with van der Waals surface area (Å²) >= 11 is 0. The van der Waals surface area contributed by atoms with Crippen molar-refractivity contribution in [2.24, 2.45) is 5.92 Å². The lowest BCUT2D eigenvalue weighted by Crippen LogP contribution is -2.33. The van der Waals surface area contributed by atoms with Crippen molar-refractivity contribution in [2.45, 2.75) is 80.2 Å². The van der Waals surface area contributed by atoms with E-state index in [0.717, 1.165) is 5.92 Å². The van der Waals surface area contributed by atoms with Crippen LogP contribution in [0.3, 0.4) is 0 Å². The van der Waals surface area contributed by atoms with Crippen LogP contribution in [0.15, 0.2) is 60.7 Å². The number of nitrogens with zero attached hydrogens (tertiary/aromatic N) is 1. The highest BCUT2D eigenvalue weighted by molar-refractivity contribution is 7.44. The van der Waals surface area contributed by atoms with Gasteiger partial charge in [-0.2, -0.15) is 0 Å². The minimum Gasteiger partial charge on any atom is -0.317 e. The van der Waals surface area contributed by atoms with Gasteiger partial charge in [0.05, 0.1) is 13.2 Å². The first-order valence-electron chi connectivity index (χ1n) is 10.8. The molecule has 0 atom stereocenters. The normalized spacial score (nSPS) is 11.4. The first kappa shape index (κ1) is 25.8. The third-order valence-electron chi connectivity index (χ3n) is 4.43. The van der Waals surface area contributed by atoms with Crippen molar-refractivity contribution in [1.29, 1.82) is 0 Å². The molecule has 2 rings (SSSR count). The Balaban J connectivity index is 0.000000749. The molecule has 0 aliphatic carbocycles. The second-order valence-corrected chi connectivity index (χ2v) is 9.58. The van der Waals surface area contributed by atoms with Crippen LogP contribution in [0.2, 0.25) is 0 Å². The summed E-state index contributed by atoms with van der Waals surface area (Å²) in [5, 5.41) is 0. The highest BCUT2D eigenvalue weighted by Crippen LogP contribution is 2.47. The molecule has 0 amide bonds. The zero-order valence-corrected chi connectivity index (χ0v) is 20.2. The average molecular weight is 418 g/mol. The number of rotatable bonds is 10. The van der Waals surface area contributed by atoms with Crippen LogP contribution in [-0.2, 0) is 22.3 Å². The van der Waals surface area contributed by atoms with Gasteiger partial charge in [-0.3, -0.25) is 0 Å². The van der Waals surface area contributed by atoms with Crippen molar-refractivity contribution in [3.05, 3.63) is 71.8 Å². The van der Waals surface area contributed by atoms with E-state index in [4.69, 9.17) is 9.05 Å². The van der Waals surface area contributed by atoms with Gasteiger partial charge in [-0.15, -0.1) is 0 Å². The van der Waals surface area contributed by atoms with E-state index in [1.807, 2.05) is 36.4 Å². The van der Waals surface area contributed by atoms with E-state index in [-0.39, 0.29) is 0 Å².